The molecule has 1 heterocycles. The highest BCUT2D eigenvalue weighted by Gasteiger charge is 2.51. The summed E-state index contributed by atoms with van der Waals surface area (Å²) in [6.45, 7) is 3.64. The topological polar surface area (TPSA) is 52.6 Å². The highest BCUT2D eigenvalue weighted by atomic mass is 35.5. The van der Waals surface area contributed by atoms with Gasteiger partial charge in [0.2, 0.25) is 5.76 Å². The van der Waals surface area contributed by atoms with Crippen LogP contribution >= 0.6 is 11.6 Å². The fourth-order valence-corrected chi connectivity index (χ4v) is 3.95. The Morgan fingerprint density at radius 2 is 1.86 bits per heavy atom. The highest BCUT2D eigenvalue weighted by molar-refractivity contribution is 6.30. The highest BCUT2D eigenvalue weighted by Crippen LogP contribution is 2.54. The first kappa shape index (κ1) is 21.2. The van der Waals surface area contributed by atoms with Crippen LogP contribution in [-0.4, -0.2) is 25.2 Å². The maximum absolute atomic E-state index is 13.9. The molecule has 0 bridgehead atoms. The van der Waals surface area contributed by atoms with Crippen LogP contribution in [0.3, 0.4) is 0 Å². The number of hydrogen-bond donors (Lipinski definition) is 0. The van der Waals surface area contributed by atoms with Crippen molar-refractivity contribution in [1.82, 2.24) is 0 Å². The van der Waals surface area contributed by atoms with Crippen LogP contribution in [0.4, 0.5) is 13.2 Å². The molecule has 0 saturated heterocycles. The van der Waals surface area contributed by atoms with E-state index >= 15 is 0 Å². The molecule has 1 aromatic rings. The molecule has 0 radical (unpaired) electrons. The number of ether oxygens (including phenoxy) is 2. The van der Waals surface area contributed by atoms with Crippen LogP contribution in [0.5, 0.6) is 0 Å². The van der Waals surface area contributed by atoms with Crippen LogP contribution < -0.4 is 0 Å². The molecule has 0 amide bonds. The second-order valence-electron chi connectivity index (χ2n) is 7.75. The number of hydrogen-bond acceptors (Lipinski definition) is 4. The number of methoxy groups -OCH3 is 1. The van der Waals surface area contributed by atoms with Crippen molar-refractivity contribution in [3.63, 3.8) is 0 Å². The van der Waals surface area contributed by atoms with Crippen LogP contribution in [0.15, 0.2) is 52.5 Å². The minimum absolute atomic E-state index is 0.0135. The van der Waals surface area contributed by atoms with Gasteiger partial charge in [0.25, 0.3) is 0 Å². The van der Waals surface area contributed by atoms with Gasteiger partial charge in [-0.2, -0.15) is 13.2 Å². The van der Waals surface area contributed by atoms with Crippen LogP contribution in [0.1, 0.15) is 38.2 Å². The van der Waals surface area contributed by atoms with E-state index in [0.717, 1.165) is 7.11 Å². The van der Waals surface area contributed by atoms with Crippen molar-refractivity contribution in [2.24, 2.45) is 5.41 Å². The number of rotatable bonds is 2. The summed E-state index contributed by atoms with van der Waals surface area (Å²) in [6, 6.07) is 6.04. The van der Waals surface area contributed by atoms with E-state index in [1.165, 1.54) is 24.3 Å². The van der Waals surface area contributed by atoms with Gasteiger partial charge in [0, 0.05) is 28.5 Å². The Morgan fingerprint density at radius 1 is 1.24 bits per heavy atom. The molecule has 0 saturated carbocycles. The molecule has 3 rings (SSSR count). The first-order chi connectivity index (χ1) is 13.5. The molecule has 0 fully saturated rings. The molecule has 0 spiro atoms. The Bertz CT molecular complexity index is 965. The molecule has 29 heavy (non-hydrogen) atoms. The molecule has 1 aromatic carbocycles. The van der Waals surface area contributed by atoms with Gasteiger partial charge in [-0.25, -0.2) is 9.59 Å². The van der Waals surface area contributed by atoms with Crippen molar-refractivity contribution in [3.8, 4) is 0 Å². The van der Waals surface area contributed by atoms with Crippen molar-refractivity contribution >= 4 is 23.5 Å². The first-order valence-corrected chi connectivity index (χ1v) is 9.16. The third-order valence-electron chi connectivity index (χ3n) is 4.96. The zero-order valence-electron chi connectivity index (χ0n) is 15.9. The Hall–Kier alpha value is -2.50. The zero-order chi connectivity index (χ0) is 21.6. The third-order valence-corrected chi connectivity index (χ3v) is 5.21. The molecule has 8 heteroatoms. The molecule has 2 aliphatic rings. The number of alkyl halides is 3. The van der Waals surface area contributed by atoms with E-state index in [1.54, 1.807) is 0 Å². The summed E-state index contributed by atoms with van der Waals surface area (Å²) in [5.41, 5.74) is -0.433. The fraction of sp³-hybridized carbons (Fsp3) is 0.381. The molecule has 4 nitrogen and oxygen atoms in total. The minimum Gasteiger partial charge on any atom is -0.466 e. The predicted octanol–water partition coefficient (Wildman–Crippen LogP) is 5.28. The summed E-state index contributed by atoms with van der Waals surface area (Å²) in [6.07, 6.45) is -4.47. The molecule has 1 aliphatic heterocycles. The van der Waals surface area contributed by atoms with Gasteiger partial charge in [-0.3, -0.25) is 0 Å². The van der Waals surface area contributed by atoms with Crippen LogP contribution in [0, 0.1) is 5.41 Å². The van der Waals surface area contributed by atoms with E-state index < -0.39 is 34.8 Å². The molecular formula is C21H18ClF3O4. The Kier molecular flexibility index (Phi) is 5.41. The van der Waals surface area contributed by atoms with Gasteiger partial charge in [-0.15, -0.1) is 0 Å². The molecule has 1 unspecified atom stereocenters. The molecular weight excluding hydrogens is 409 g/mol. The smallest absolute Gasteiger partial charge is 0.450 e. The summed E-state index contributed by atoms with van der Waals surface area (Å²) in [5.74, 6) is -1.93. The minimum atomic E-state index is -4.93. The molecule has 1 atom stereocenters. The van der Waals surface area contributed by atoms with Gasteiger partial charge in [0.1, 0.15) is 11.7 Å². The van der Waals surface area contributed by atoms with Crippen molar-refractivity contribution < 1.29 is 32.2 Å². The van der Waals surface area contributed by atoms with Crippen molar-refractivity contribution in [1.29, 1.82) is 0 Å². The van der Waals surface area contributed by atoms with E-state index in [-0.39, 0.29) is 23.3 Å². The summed E-state index contributed by atoms with van der Waals surface area (Å²) in [5, 5.41) is 0.380. The summed E-state index contributed by atoms with van der Waals surface area (Å²) < 4.78 is 51.4. The standard InChI is InChI=1S/C21H18ClF3O4/c1-20(2)8-12(10-26)15-14(9-20)29-18(21(23,24)25)17(19(27)28-3)16(15)11-4-6-13(22)7-5-11/h4-7,16H,8-9H2,1-3H3. The van der Waals surface area contributed by atoms with Gasteiger partial charge < -0.3 is 9.47 Å². The number of carbonyl (C=O) groups excluding carboxylic acids is 2. The Morgan fingerprint density at radius 3 is 2.38 bits per heavy atom. The van der Waals surface area contributed by atoms with Gasteiger partial charge in [0.15, 0.2) is 0 Å². The zero-order valence-corrected chi connectivity index (χ0v) is 16.7. The maximum atomic E-state index is 13.9. The maximum Gasteiger partial charge on any atom is 0.450 e. The van der Waals surface area contributed by atoms with E-state index in [0.29, 0.717) is 17.0 Å². The number of carbonyl (C=O) groups is 1. The Labute approximate surface area is 170 Å². The van der Waals surface area contributed by atoms with Crippen LogP contribution in [0.25, 0.3) is 0 Å². The normalized spacial score (nSPS) is 21.3. The second kappa shape index (κ2) is 7.39. The Balaban J connectivity index is 2.35. The quantitative estimate of drug-likeness (QED) is 0.477. The first-order valence-electron chi connectivity index (χ1n) is 8.79. The van der Waals surface area contributed by atoms with E-state index in [1.807, 2.05) is 19.8 Å². The van der Waals surface area contributed by atoms with Gasteiger partial charge in [-0.1, -0.05) is 37.6 Å². The molecule has 0 N–H and O–H groups in total. The monoisotopic (exact) mass is 426 g/mol. The molecule has 1 aliphatic carbocycles. The summed E-state index contributed by atoms with van der Waals surface area (Å²) >= 11 is 5.92. The number of halogens is 4. The molecule has 0 aromatic heterocycles. The number of benzene rings is 1. The van der Waals surface area contributed by atoms with Crippen molar-refractivity contribution in [2.45, 2.75) is 38.8 Å². The molecule has 154 valence electrons. The van der Waals surface area contributed by atoms with Gasteiger partial charge in [0.05, 0.1) is 12.7 Å². The third kappa shape index (κ3) is 3.98. The lowest BCUT2D eigenvalue weighted by molar-refractivity contribution is -0.143. The summed E-state index contributed by atoms with van der Waals surface area (Å²) in [4.78, 5) is 24.2. The van der Waals surface area contributed by atoms with Crippen molar-refractivity contribution in [2.75, 3.05) is 7.11 Å². The lowest BCUT2D eigenvalue weighted by Crippen LogP contribution is -2.34. The lowest BCUT2D eigenvalue weighted by atomic mass is 9.68. The SMILES string of the molecule is COC(=O)C1=C(C(F)(F)F)OC2=C(C(=C=O)CC(C)(C)C2)C1c1ccc(Cl)cc1. The van der Waals surface area contributed by atoms with E-state index in [2.05, 4.69) is 4.74 Å². The van der Waals surface area contributed by atoms with Crippen molar-refractivity contribution in [3.05, 3.63) is 63.1 Å². The second-order valence-corrected chi connectivity index (χ2v) is 8.19. The van der Waals surface area contributed by atoms with Gasteiger partial charge >= 0.3 is 12.1 Å². The predicted molar refractivity (Wildman–Crippen MR) is 99.6 cm³/mol. The van der Waals surface area contributed by atoms with Crippen LogP contribution in [-0.2, 0) is 19.1 Å². The van der Waals surface area contributed by atoms with E-state index in [9.17, 15) is 22.8 Å². The summed E-state index contributed by atoms with van der Waals surface area (Å²) in [7, 11) is 0.993. The fourth-order valence-electron chi connectivity index (χ4n) is 3.83. The van der Waals surface area contributed by atoms with Crippen LogP contribution in [0.2, 0.25) is 5.02 Å². The van der Waals surface area contributed by atoms with E-state index in [4.69, 9.17) is 16.3 Å². The lowest BCUT2D eigenvalue weighted by Gasteiger charge is -2.40. The van der Waals surface area contributed by atoms with Gasteiger partial charge in [-0.05, 0) is 29.5 Å². The average molecular weight is 427 g/mol. The number of allylic oxidation sites excluding steroid dienone is 4. The largest absolute Gasteiger partial charge is 0.466 e. The number of esters is 1. The average Bonchev–Trinajstić information content (AvgIpc) is 2.64.